The quantitative estimate of drug-likeness (QED) is 0.0261. The second-order valence-electron chi connectivity index (χ2n) is 21.9. The number of hydrogen-bond donors (Lipinski definition) is 6. The molecule has 9 heteroatoms. The number of nitrogens with one attached hydrogen (secondary N) is 1. The number of amides is 1. The van der Waals surface area contributed by atoms with Gasteiger partial charge in [-0.15, -0.1) is 0 Å². The molecule has 6 N–H and O–H groups in total. The van der Waals surface area contributed by atoms with Gasteiger partial charge in [-0.2, -0.15) is 0 Å². The molecule has 0 aromatic carbocycles. The standard InChI is InChI=1S/C63H119NO8/c1-3-5-7-9-11-13-15-17-19-21-23-24-25-26-27-28-29-30-31-32-33-34-35-37-39-41-43-45-47-49-51-53-59(67)64-56(55-71-63-62(70)61(69)60(68)58(54-65)72-63)57(66)52-50-48-46-44-42-40-38-36-22-20-18-16-14-12-10-8-6-4-2/h15,17,21,23,25-26,56-58,60-63,65-66,68-70H,3-14,16,18-20,22,24,27-55H2,1-2H3,(H,64,67)/b17-15-,23-21-,26-25-. The third-order valence-electron chi connectivity index (χ3n) is 15.0. The third-order valence-corrected chi connectivity index (χ3v) is 15.0. The summed E-state index contributed by atoms with van der Waals surface area (Å²) in [5, 5.41) is 54.8. The molecule has 1 fully saturated rings. The van der Waals surface area contributed by atoms with Crippen molar-refractivity contribution in [3.8, 4) is 0 Å². The smallest absolute Gasteiger partial charge is 0.220 e. The summed E-state index contributed by atoms with van der Waals surface area (Å²) in [4.78, 5) is 13.1. The topological polar surface area (TPSA) is 149 Å². The van der Waals surface area contributed by atoms with Crippen molar-refractivity contribution in [2.45, 2.75) is 346 Å². The zero-order valence-corrected chi connectivity index (χ0v) is 47.2. The summed E-state index contributed by atoms with van der Waals surface area (Å²) in [6.45, 7) is 3.86. The van der Waals surface area contributed by atoms with Gasteiger partial charge in [0, 0.05) is 6.42 Å². The molecule has 1 rings (SSSR count). The van der Waals surface area contributed by atoms with E-state index in [0.29, 0.717) is 12.8 Å². The van der Waals surface area contributed by atoms with Gasteiger partial charge < -0.3 is 40.3 Å². The minimum absolute atomic E-state index is 0.135. The monoisotopic (exact) mass is 1020 g/mol. The van der Waals surface area contributed by atoms with Crippen LogP contribution in [0.1, 0.15) is 303 Å². The molecule has 7 unspecified atom stereocenters. The van der Waals surface area contributed by atoms with Crippen LogP contribution in [-0.4, -0.2) is 87.5 Å². The largest absolute Gasteiger partial charge is 0.394 e. The molecule has 0 aromatic rings. The Morgan fingerprint density at radius 1 is 0.472 bits per heavy atom. The number of carbonyl (C=O) groups excluding carboxylic acids is 1. The molecule has 424 valence electrons. The average Bonchev–Trinajstić information content (AvgIpc) is 3.38. The van der Waals surface area contributed by atoms with Crippen LogP contribution in [0.2, 0.25) is 0 Å². The molecule has 0 radical (unpaired) electrons. The fourth-order valence-corrected chi connectivity index (χ4v) is 10.1. The van der Waals surface area contributed by atoms with Crippen molar-refractivity contribution in [2.75, 3.05) is 13.2 Å². The van der Waals surface area contributed by atoms with Gasteiger partial charge in [-0.25, -0.2) is 0 Å². The minimum Gasteiger partial charge on any atom is -0.394 e. The first kappa shape index (κ1) is 68.4. The van der Waals surface area contributed by atoms with Gasteiger partial charge in [-0.05, 0) is 51.4 Å². The molecular weight excluding hydrogens is 899 g/mol. The second kappa shape index (κ2) is 52.8. The van der Waals surface area contributed by atoms with Crippen molar-refractivity contribution < 1.29 is 39.8 Å². The van der Waals surface area contributed by atoms with Crippen LogP contribution in [0.15, 0.2) is 36.5 Å². The molecule has 1 heterocycles. The summed E-state index contributed by atoms with van der Waals surface area (Å²) in [6, 6.07) is -0.719. The average molecular weight is 1020 g/mol. The van der Waals surface area contributed by atoms with E-state index in [-0.39, 0.29) is 12.5 Å². The van der Waals surface area contributed by atoms with Gasteiger partial charge in [0.1, 0.15) is 24.4 Å². The van der Waals surface area contributed by atoms with Gasteiger partial charge >= 0.3 is 0 Å². The molecule has 0 aromatic heterocycles. The summed E-state index contributed by atoms with van der Waals surface area (Å²) in [5.41, 5.74) is 0. The van der Waals surface area contributed by atoms with E-state index in [0.717, 1.165) is 51.4 Å². The molecule has 9 nitrogen and oxygen atoms in total. The predicted octanol–water partition coefficient (Wildman–Crippen LogP) is 15.9. The maximum atomic E-state index is 13.1. The van der Waals surface area contributed by atoms with Gasteiger partial charge in [-0.1, -0.05) is 281 Å². The maximum Gasteiger partial charge on any atom is 0.220 e. The van der Waals surface area contributed by atoms with Crippen LogP contribution in [0.5, 0.6) is 0 Å². The Kier molecular flexibility index (Phi) is 50.2. The Balaban J connectivity index is 2.13. The molecule has 1 aliphatic heterocycles. The molecule has 0 spiro atoms. The van der Waals surface area contributed by atoms with Gasteiger partial charge in [0.25, 0.3) is 0 Å². The molecule has 7 atom stereocenters. The van der Waals surface area contributed by atoms with E-state index in [4.69, 9.17) is 9.47 Å². The highest BCUT2D eigenvalue weighted by molar-refractivity contribution is 5.76. The van der Waals surface area contributed by atoms with E-state index in [9.17, 15) is 30.3 Å². The Bertz CT molecular complexity index is 1230. The third kappa shape index (κ3) is 41.6. The molecule has 0 bridgehead atoms. The van der Waals surface area contributed by atoms with Gasteiger partial charge in [0.15, 0.2) is 6.29 Å². The SMILES string of the molecule is CCCCCCC/C=C\C/C=C\C/C=C\CCCCCCCCCCCCCCCCCCC(=O)NC(COC1OC(CO)C(O)C(O)C1O)C(O)CCCCCCCCCCCCCCCCCCCC. The van der Waals surface area contributed by atoms with E-state index >= 15 is 0 Å². The number of hydrogen-bond acceptors (Lipinski definition) is 8. The van der Waals surface area contributed by atoms with Crippen LogP contribution < -0.4 is 5.32 Å². The number of aliphatic hydroxyl groups excluding tert-OH is 5. The number of allylic oxidation sites excluding steroid dienone is 6. The lowest BCUT2D eigenvalue weighted by Gasteiger charge is -2.40. The maximum absolute atomic E-state index is 13.1. The van der Waals surface area contributed by atoms with E-state index in [2.05, 4.69) is 55.6 Å². The van der Waals surface area contributed by atoms with Gasteiger partial charge in [-0.3, -0.25) is 4.79 Å². The first-order valence-corrected chi connectivity index (χ1v) is 31.2. The Morgan fingerprint density at radius 3 is 1.21 bits per heavy atom. The Morgan fingerprint density at radius 2 is 0.819 bits per heavy atom. The van der Waals surface area contributed by atoms with E-state index < -0.39 is 49.5 Å². The van der Waals surface area contributed by atoms with E-state index in [1.54, 1.807) is 0 Å². The predicted molar refractivity (Wildman–Crippen MR) is 304 cm³/mol. The lowest BCUT2D eigenvalue weighted by atomic mass is 9.99. The molecule has 0 saturated carbocycles. The van der Waals surface area contributed by atoms with Crippen LogP contribution in [0.3, 0.4) is 0 Å². The van der Waals surface area contributed by atoms with E-state index in [1.807, 2.05) is 0 Å². The van der Waals surface area contributed by atoms with Crippen molar-refractivity contribution in [1.82, 2.24) is 5.32 Å². The Hall–Kier alpha value is -1.59. The van der Waals surface area contributed by atoms with Crippen LogP contribution >= 0.6 is 0 Å². The first-order valence-electron chi connectivity index (χ1n) is 31.2. The number of unbranched alkanes of at least 4 members (excludes halogenated alkanes) is 38. The lowest BCUT2D eigenvalue weighted by Crippen LogP contribution is -2.60. The van der Waals surface area contributed by atoms with Crippen molar-refractivity contribution in [2.24, 2.45) is 0 Å². The highest BCUT2D eigenvalue weighted by Gasteiger charge is 2.44. The summed E-state index contributed by atoms with van der Waals surface area (Å²) in [5.74, 6) is -0.140. The van der Waals surface area contributed by atoms with Crippen molar-refractivity contribution >= 4 is 5.91 Å². The highest BCUT2D eigenvalue weighted by atomic mass is 16.7. The summed E-state index contributed by atoms with van der Waals surface area (Å²) in [7, 11) is 0. The van der Waals surface area contributed by atoms with Crippen molar-refractivity contribution in [3.63, 3.8) is 0 Å². The normalized spacial score (nSPS) is 19.3. The van der Waals surface area contributed by atoms with Crippen molar-refractivity contribution in [3.05, 3.63) is 36.5 Å². The number of aliphatic hydroxyl groups is 5. The summed E-state index contributed by atoms with van der Waals surface area (Å²) < 4.78 is 11.3. The number of rotatable bonds is 54. The van der Waals surface area contributed by atoms with Crippen LogP contribution in [-0.2, 0) is 14.3 Å². The fraction of sp³-hybridized carbons (Fsp3) is 0.889. The highest BCUT2D eigenvalue weighted by Crippen LogP contribution is 2.23. The molecule has 72 heavy (non-hydrogen) atoms. The van der Waals surface area contributed by atoms with Crippen LogP contribution in [0.25, 0.3) is 0 Å². The second-order valence-corrected chi connectivity index (χ2v) is 21.9. The first-order chi connectivity index (χ1) is 35.3. The molecule has 1 amide bonds. The molecular formula is C63H119NO8. The van der Waals surface area contributed by atoms with Gasteiger partial charge in [0.05, 0.1) is 25.4 Å². The minimum atomic E-state index is -1.55. The molecule has 1 aliphatic rings. The number of carbonyl (C=O) groups is 1. The summed E-state index contributed by atoms with van der Waals surface area (Å²) in [6.07, 6.45) is 61.8. The van der Waals surface area contributed by atoms with Crippen molar-refractivity contribution in [1.29, 1.82) is 0 Å². The Labute approximate surface area is 444 Å². The zero-order chi connectivity index (χ0) is 52.2. The van der Waals surface area contributed by atoms with Gasteiger partial charge in [0.2, 0.25) is 5.91 Å². The lowest BCUT2D eigenvalue weighted by molar-refractivity contribution is -0.302. The fourth-order valence-electron chi connectivity index (χ4n) is 10.1. The zero-order valence-electron chi connectivity index (χ0n) is 47.2. The molecule has 1 saturated heterocycles. The summed E-state index contributed by atoms with van der Waals surface area (Å²) >= 11 is 0. The van der Waals surface area contributed by atoms with E-state index in [1.165, 1.54) is 225 Å². The van der Waals surface area contributed by atoms with Crippen LogP contribution in [0.4, 0.5) is 0 Å². The molecule has 0 aliphatic carbocycles. The van der Waals surface area contributed by atoms with Crippen LogP contribution in [0, 0.1) is 0 Å². The number of ether oxygens (including phenoxy) is 2.